The first-order valence-corrected chi connectivity index (χ1v) is 9.19. The van der Waals surface area contributed by atoms with Crippen LogP contribution in [-0.4, -0.2) is 18.4 Å². The van der Waals surface area contributed by atoms with Crippen LogP contribution in [0.2, 0.25) is 5.02 Å². The smallest absolute Gasteiger partial charge is 0.261 e. The molecule has 0 fully saturated rings. The van der Waals surface area contributed by atoms with Crippen molar-refractivity contribution in [3.8, 4) is 0 Å². The van der Waals surface area contributed by atoms with Gasteiger partial charge in [-0.3, -0.25) is 4.72 Å². The molecule has 0 atom stereocenters. The molecule has 0 bridgehead atoms. The summed E-state index contributed by atoms with van der Waals surface area (Å²) in [6.07, 6.45) is 1.39. The molecule has 0 spiro atoms. The Morgan fingerprint density at radius 2 is 1.90 bits per heavy atom. The van der Waals surface area contributed by atoms with Gasteiger partial charge in [-0.1, -0.05) is 11.6 Å². The van der Waals surface area contributed by atoms with E-state index in [1.807, 2.05) is 0 Å². The average Bonchev–Trinajstić information content (AvgIpc) is 2.36. The van der Waals surface area contributed by atoms with Crippen LogP contribution in [0.1, 0.15) is 0 Å². The Morgan fingerprint density at radius 3 is 2.50 bits per heavy atom. The fourth-order valence-electron chi connectivity index (χ4n) is 1.25. The number of nitrogens with zero attached hydrogens (tertiary/aromatic N) is 2. The summed E-state index contributed by atoms with van der Waals surface area (Å²) < 4.78 is 28.1. The molecule has 20 heavy (non-hydrogen) atoms. The lowest BCUT2D eigenvalue weighted by atomic mass is 10.4. The van der Waals surface area contributed by atoms with Gasteiger partial charge < -0.3 is 0 Å². The molecule has 0 radical (unpaired) electrons. The normalized spacial score (nSPS) is 11.4. The predicted octanol–water partition coefficient (Wildman–Crippen LogP) is 4.22. The maximum Gasteiger partial charge on any atom is 0.263 e. The third kappa shape index (κ3) is 3.70. The summed E-state index contributed by atoms with van der Waals surface area (Å²) in [5, 5.41) is 0.425. The van der Waals surface area contributed by atoms with Gasteiger partial charge in [0.15, 0.2) is 10.4 Å². The number of benzene rings is 1. The summed E-state index contributed by atoms with van der Waals surface area (Å²) in [7, 11) is -3.77. The van der Waals surface area contributed by atoms with Gasteiger partial charge in [0.25, 0.3) is 10.0 Å². The molecule has 1 aromatic heterocycles. The first-order valence-electron chi connectivity index (χ1n) is 4.95. The van der Waals surface area contributed by atoms with E-state index in [0.717, 1.165) is 0 Å². The van der Waals surface area contributed by atoms with Crippen LogP contribution in [0, 0.1) is 0 Å². The second kappa shape index (κ2) is 6.27. The van der Waals surface area contributed by atoms with E-state index in [-0.39, 0.29) is 15.3 Å². The highest BCUT2D eigenvalue weighted by atomic mass is 79.9. The van der Waals surface area contributed by atoms with E-state index in [1.54, 1.807) is 0 Å². The summed E-state index contributed by atoms with van der Waals surface area (Å²) >= 11 is 15.3. The molecule has 0 saturated heterocycles. The van der Waals surface area contributed by atoms with Crippen LogP contribution in [0.5, 0.6) is 0 Å². The van der Waals surface area contributed by atoms with Gasteiger partial charge in [0.1, 0.15) is 4.60 Å². The second-order valence-electron chi connectivity index (χ2n) is 3.51. The Kier molecular flexibility index (Phi) is 5.06. The Balaban J connectivity index is 2.38. The minimum Gasteiger partial charge on any atom is -0.261 e. The third-order valence-electron chi connectivity index (χ3n) is 2.13. The molecule has 1 heterocycles. The highest BCUT2D eigenvalue weighted by Gasteiger charge is 2.18. The Hall–Kier alpha value is -0.220. The molecule has 2 aromatic rings. The van der Waals surface area contributed by atoms with Gasteiger partial charge in [0, 0.05) is 4.47 Å². The fraction of sp³-hybridized carbons (Fsp3) is 0. The zero-order chi connectivity index (χ0) is 14.9. The molecule has 2 rings (SSSR count). The number of sulfonamides is 1. The molecule has 1 N–H and O–H groups in total. The van der Waals surface area contributed by atoms with Crippen molar-refractivity contribution in [1.82, 2.24) is 9.97 Å². The zero-order valence-electron chi connectivity index (χ0n) is 9.44. The van der Waals surface area contributed by atoms with Crippen LogP contribution >= 0.6 is 59.4 Å². The zero-order valence-corrected chi connectivity index (χ0v) is 15.8. The molecule has 1 aromatic carbocycles. The summed E-state index contributed by atoms with van der Waals surface area (Å²) in [5.41, 5.74) is 0. The molecule has 0 saturated carbocycles. The predicted molar refractivity (Wildman–Crippen MR) is 87.4 cm³/mol. The number of aromatic nitrogens is 2. The van der Waals surface area contributed by atoms with Crippen molar-refractivity contribution in [3.05, 3.63) is 43.1 Å². The highest BCUT2D eigenvalue weighted by Crippen LogP contribution is 2.27. The van der Waals surface area contributed by atoms with Gasteiger partial charge >= 0.3 is 0 Å². The van der Waals surface area contributed by atoms with Crippen LogP contribution in [0.4, 0.5) is 5.82 Å². The SMILES string of the molecule is O=S(=O)(Nc1ncc(Br)nc1Br)c1ccc(Cl)c(Br)c1. The topological polar surface area (TPSA) is 72.0 Å². The number of rotatable bonds is 3. The van der Waals surface area contributed by atoms with Crippen molar-refractivity contribution in [3.63, 3.8) is 0 Å². The quantitative estimate of drug-likeness (QED) is 0.677. The van der Waals surface area contributed by atoms with Crippen molar-refractivity contribution < 1.29 is 8.42 Å². The van der Waals surface area contributed by atoms with Gasteiger partial charge in [-0.15, -0.1) is 0 Å². The first kappa shape index (κ1) is 16.2. The molecule has 0 amide bonds. The molecule has 0 aliphatic rings. The maximum absolute atomic E-state index is 12.2. The van der Waals surface area contributed by atoms with Crippen molar-refractivity contribution in [2.75, 3.05) is 4.72 Å². The van der Waals surface area contributed by atoms with Gasteiger partial charge in [0.2, 0.25) is 0 Å². The van der Waals surface area contributed by atoms with Gasteiger partial charge in [-0.2, -0.15) is 0 Å². The Labute approximate surface area is 145 Å². The molecule has 10 heteroatoms. The number of anilines is 1. The van der Waals surface area contributed by atoms with Crippen molar-refractivity contribution in [2.24, 2.45) is 0 Å². The Bertz CT molecular complexity index is 770. The fourth-order valence-corrected chi connectivity index (χ4v) is 3.98. The summed E-state index contributed by atoms with van der Waals surface area (Å²) in [4.78, 5) is 8.00. The maximum atomic E-state index is 12.2. The minimum absolute atomic E-state index is 0.0605. The van der Waals surface area contributed by atoms with Gasteiger partial charge in [-0.25, -0.2) is 18.4 Å². The third-order valence-corrected chi connectivity index (χ3v) is 5.62. The van der Waals surface area contributed by atoms with Crippen LogP contribution in [-0.2, 0) is 10.0 Å². The number of hydrogen-bond donors (Lipinski definition) is 1. The van der Waals surface area contributed by atoms with Gasteiger partial charge in [-0.05, 0) is 66.0 Å². The molecule has 0 aliphatic heterocycles. The summed E-state index contributed by atoms with van der Waals surface area (Å²) in [6, 6.07) is 4.29. The molecular weight excluding hydrogens is 501 g/mol. The van der Waals surface area contributed by atoms with E-state index in [2.05, 4.69) is 62.5 Å². The van der Waals surface area contributed by atoms with E-state index in [1.165, 1.54) is 24.4 Å². The first-order chi connectivity index (χ1) is 9.29. The van der Waals surface area contributed by atoms with E-state index in [9.17, 15) is 8.42 Å². The van der Waals surface area contributed by atoms with E-state index < -0.39 is 10.0 Å². The van der Waals surface area contributed by atoms with Crippen LogP contribution in [0.3, 0.4) is 0 Å². The molecular formula is C10H5Br3ClN3O2S. The summed E-state index contributed by atoms with van der Waals surface area (Å²) in [6.45, 7) is 0. The van der Waals surface area contributed by atoms with Crippen LogP contribution in [0.15, 0.2) is 43.0 Å². The molecule has 5 nitrogen and oxygen atoms in total. The molecule has 0 unspecified atom stereocenters. The monoisotopic (exact) mass is 503 g/mol. The van der Waals surface area contributed by atoms with Crippen molar-refractivity contribution in [2.45, 2.75) is 4.90 Å². The lowest BCUT2D eigenvalue weighted by molar-refractivity contribution is 0.601. The molecule has 106 valence electrons. The lowest BCUT2D eigenvalue weighted by Gasteiger charge is -2.09. The number of hydrogen-bond acceptors (Lipinski definition) is 4. The van der Waals surface area contributed by atoms with E-state index in [0.29, 0.717) is 14.1 Å². The van der Waals surface area contributed by atoms with E-state index >= 15 is 0 Å². The largest absolute Gasteiger partial charge is 0.263 e. The Morgan fingerprint density at radius 1 is 1.20 bits per heavy atom. The molecule has 0 aliphatic carbocycles. The van der Waals surface area contributed by atoms with Crippen molar-refractivity contribution >= 4 is 75.2 Å². The van der Waals surface area contributed by atoms with Crippen LogP contribution < -0.4 is 4.72 Å². The van der Waals surface area contributed by atoms with Crippen LogP contribution in [0.25, 0.3) is 0 Å². The number of nitrogens with one attached hydrogen (secondary N) is 1. The minimum atomic E-state index is -3.77. The second-order valence-corrected chi connectivity index (χ2v) is 8.02. The number of halogens is 4. The highest BCUT2D eigenvalue weighted by molar-refractivity contribution is 9.11. The average molecular weight is 506 g/mol. The van der Waals surface area contributed by atoms with Gasteiger partial charge in [0.05, 0.1) is 16.1 Å². The van der Waals surface area contributed by atoms with Crippen molar-refractivity contribution in [1.29, 1.82) is 0 Å². The van der Waals surface area contributed by atoms with E-state index in [4.69, 9.17) is 11.6 Å². The lowest BCUT2D eigenvalue weighted by Crippen LogP contribution is -2.14. The standard InChI is InChI=1S/C10H5Br3ClN3O2S/c11-6-3-5(1-2-7(6)14)20(18,19)17-10-9(13)16-8(12)4-15-10/h1-4H,(H,15,17). The summed E-state index contributed by atoms with van der Waals surface area (Å²) in [5.74, 6) is 0.0965.